The van der Waals surface area contributed by atoms with Crippen molar-refractivity contribution in [2.45, 2.75) is 18.4 Å². The van der Waals surface area contributed by atoms with Crippen LogP contribution in [0.4, 0.5) is 28.4 Å². The molecule has 0 radical (unpaired) electrons. The summed E-state index contributed by atoms with van der Waals surface area (Å²) in [6.45, 7) is 1.48. The van der Waals surface area contributed by atoms with E-state index in [1.54, 1.807) is 18.2 Å². The quantitative estimate of drug-likeness (QED) is 0.200. The van der Waals surface area contributed by atoms with Crippen LogP contribution in [0.1, 0.15) is 23.1 Å². The number of alkyl halides is 2. The molecule has 0 fully saturated rings. The van der Waals surface area contributed by atoms with E-state index in [4.69, 9.17) is 4.74 Å². The molecule has 0 amide bonds. The Kier molecular flexibility index (Phi) is 7.64. The zero-order chi connectivity index (χ0) is 27.6. The van der Waals surface area contributed by atoms with E-state index in [2.05, 4.69) is 19.7 Å². The molecule has 0 unspecified atom stereocenters. The average Bonchev–Trinajstić information content (AvgIpc) is 3.21. The first-order chi connectivity index (χ1) is 18.0. The van der Waals surface area contributed by atoms with E-state index in [1.165, 1.54) is 32.5 Å². The molecule has 0 saturated carbocycles. The monoisotopic (exact) mass is 566 g/mol. The van der Waals surface area contributed by atoms with Crippen LogP contribution in [-0.4, -0.2) is 36.8 Å². The normalized spacial score (nSPS) is 11.9. The predicted molar refractivity (Wildman–Crippen MR) is 134 cm³/mol. The predicted octanol–water partition coefficient (Wildman–Crippen LogP) is 5.99. The Morgan fingerprint density at radius 3 is 2.61 bits per heavy atom. The lowest BCUT2D eigenvalue weighted by atomic mass is 10.1. The largest absolute Gasteiger partial charge is 0.504 e. The van der Waals surface area contributed by atoms with E-state index >= 15 is 0 Å². The summed E-state index contributed by atoms with van der Waals surface area (Å²) in [6, 6.07) is 8.86. The Balaban J connectivity index is 1.55. The topological polar surface area (TPSA) is 114 Å². The molecule has 38 heavy (non-hydrogen) atoms. The van der Waals surface area contributed by atoms with Crippen LogP contribution in [0.15, 0.2) is 58.7 Å². The first-order valence-electron chi connectivity index (χ1n) is 10.6. The lowest BCUT2D eigenvalue weighted by Gasteiger charge is -2.08. The van der Waals surface area contributed by atoms with Crippen LogP contribution in [0.25, 0.3) is 11.3 Å². The number of pyridine rings is 1. The number of phenolic OH excluding ortho intramolecular Hbond substituents is 1. The fourth-order valence-corrected chi connectivity index (χ4v) is 5.50. The zero-order valence-corrected chi connectivity index (χ0v) is 21.2. The van der Waals surface area contributed by atoms with Crippen molar-refractivity contribution < 1.29 is 35.8 Å². The van der Waals surface area contributed by atoms with E-state index in [9.17, 15) is 31.1 Å². The number of ether oxygens (including phenoxy) is 1. The van der Waals surface area contributed by atoms with Crippen molar-refractivity contribution in [1.82, 2.24) is 9.97 Å². The molecule has 0 aliphatic carbocycles. The summed E-state index contributed by atoms with van der Waals surface area (Å²) in [4.78, 5) is 12.0. The average molecular weight is 567 g/mol. The minimum atomic E-state index is -4.32. The number of aryl methyl sites for hydroxylation is 1. The number of rotatable bonds is 8. The number of aliphatic imine (C=N–C) groups is 1. The van der Waals surface area contributed by atoms with E-state index < -0.39 is 38.7 Å². The summed E-state index contributed by atoms with van der Waals surface area (Å²) in [6.07, 6.45) is -0.498. The molecule has 0 saturated heterocycles. The summed E-state index contributed by atoms with van der Waals surface area (Å²) in [5.74, 6) is -1.10. The van der Waals surface area contributed by atoms with Crippen LogP contribution >= 0.6 is 11.3 Å². The Morgan fingerprint density at radius 2 is 1.95 bits per heavy atom. The summed E-state index contributed by atoms with van der Waals surface area (Å²) in [5.41, 5.74) is -0.512. The Hall–Kier alpha value is -4.04. The highest BCUT2D eigenvalue weighted by Gasteiger charge is 2.23. The highest BCUT2D eigenvalue weighted by atomic mass is 32.2. The minimum Gasteiger partial charge on any atom is -0.504 e. The Morgan fingerprint density at radius 1 is 1.18 bits per heavy atom. The number of sulfonamides is 1. The number of thiazole rings is 1. The molecule has 14 heteroatoms. The molecule has 0 spiro atoms. The number of aromatic hydroxyl groups is 1. The highest BCUT2D eigenvalue weighted by molar-refractivity contribution is 7.92. The standard InChI is InChI=1S/C24H18F4N4O4S2/c1-12-8-15(29-10-14-4-3-5-18(36-2)20(14)33)11-30-23(12)38(34,35)32-24-31-19(22(28)37-24)13-6-7-16(21(26)27)17(25)9-13/h3-11,21,33H,1-2H3,(H,31,32)/b29-10+. The lowest BCUT2D eigenvalue weighted by molar-refractivity contribution is 0.146. The molecule has 2 aromatic carbocycles. The van der Waals surface area contributed by atoms with Crippen LogP contribution < -0.4 is 9.46 Å². The van der Waals surface area contributed by atoms with Gasteiger partial charge in [-0.2, -0.15) is 12.8 Å². The maximum absolute atomic E-state index is 14.5. The SMILES string of the molecule is COc1cccc(/C=N/c2cnc(S(=O)(=O)Nc3nc(-c4ccc(C(F)F)c(F)c4)c(F)s3)c(C)c2)c1O. The molecule has 4 aromatic rings. The van der Waals surface area contributed by atoms with Gasteiger partial charge in [0.25, 0.3) is 16.4 Å². The second-order valence-electron chi connectivity index (χ2n) is 7.76. The Bertz CT molecular complexity index is 1640. The van der Waals surface area contributed by atoms with Gasteiger partial charge < -0.3 is 9.84 Å². The molecule has 2 heterocycles. The van der Waals surface area contributed by atoms with Gasteiger partial charge in [0.05, 0.1) is 24.6 Å². The fraction of sp³-hybridized carbons (Fsp3) is 0.125. The summed E-state index contributed by atoms with van der Waals surface area (Å²) in [7, 11) is -2.91. The van der Waals surface area contributed by atoms with Crippen molar-refractivity contribution >= 4 is 38.4 Å². The van der Waals surface area contributed by atoms with Crippen molar-refractivity contribution in [3.05, 3.63) is 76.3 Å². The first kappa shape index (κ1) is 27.0. The molecule has 2 aromatic heterocycles. The molecule has 4 rings (SSSR count). The van der Waals surface area contributed by atoms with Gasteiger partial charge in [-0.25, -0.2) is 23.1 Å². The van der Waals surface area contributed by atoms with Gasteiger partial charge in [0.15, 0.2) is 21.7 Å². The van der Waals surface area contributed by atoms with Gasteiger partial charge in [-0.05, 0) is 42.8 Å². The van der Waals surface area contributed by atoms with Gasteiger partial charge >= 0.3 is 0 Å². The molecule has 0 atom stereocenters. The number of benzene rings is 2. The number of phenols is 1. The number of nitrogens with zero attached hydrogens (tertiary/aromatic N) is 3. The van der Waals surface area contributed by atoms with Crippen molar-refractivity contribution in [3.63, 3.8) is 0 Å². The molecular weight excluding hydrogens is 548 g/mol. The van der Waals surface area contributed by atoms with Gasteiger partial charge in [-0.15, -0.1) is 0 Å². The maximum Gasteiger partial charge on any atom is 0.281 e. The molecule has 198 valence electrons. The van der Waals surface area contributed by atoms with Gasteiger partial charge in [-0.1, -0.05) is 23.5 Å². The summed E-state index contributed by atoms with van der Waals surface area (Å²) < 4.78 is 87.0. The number of aromatic nitrogens is 2. The maximum atomic E-state index is 14.5. The summed E-state index contributed by atoms with van der Waals surface area (Å²) in [5, 5.41) is 8.47. The minimum absolute atomic E-state index is 0.116. The molecule has 8 nitrogen and oxygen atoms in total. The van der Waals surface area contributed by atoms with Crippen molar-refractivity contribution in [3.8, 4) is 22.8 Å². The van der Waals surface area contributed by atoms with Gasteiger partial charge in [0.2, 0.25) is 5.13 Å². The second kappa shape index (κ2) is 10.8. The van der Waals surface area contributed by atoms with Crippen LogP contribution in [-0.2, 0) is 10.0 Å². The molecule has 0 aliphatic heterocycles. The highest BCUT2D eigenvalue weighted by Crippen LogP contribution is 2.33. The second-order valence-corrected chi connectivity index (χ2v) is 10.3. The van der Waals surface area contributed by atoms with Crippen LogP contribution in [0.5, 0.6) is 11.5 Å². The van der Waals surface area contributed by atoms with E-state index in [0.717, 1.165) is 12.1 Å². The van der Waals surface area contributed by atoms with Crippen LogP contribution in [0.2, 0.25) is 0 Å². The third-order valence-electron chi connectivity index (χ3n) is 5.19. The Labute approximate surface area is 218 Å². The zero-order valence-electron chi connectivity index (χ0n) is 19.6. The van der Waals surface area contributed by atoms with Crippen LogP contribution in [0.3, 0.4) is 0 Å². The van der Waals surface area contributed by atoms with Gasteiger partial charge in [-0.3, -0.25) is 9.71 Å². The number of hydrogen-bond donors (Lipinski definition) is 2. The fourth-order valence-electron chi connectivity index (χ4n) is 3.39. The third-order valence-corrected chi connectivity index (χ3v) is 7.48. The molecular formula is C24H18F4N4O4S2. The van der Waals surface area contributed by atoms with Gasteiger partial charge in [0.1, 0.15) is 11.5 Å². The number of nitrogens with one attached hydrogen (secondary N) is 1. The number of anilines is 1. The number of para-hydroxylation sites is 1. The molecule has 2 N–H and O–H groups in total. The smallest absolute Gasteiger partial charge is 0.281 e. The third kappa shape index (κ3) is 5.60. The van der Waals surface area contributed by atoms with Crippen LogP contribution in [0, 0.1) is 17.9 Å². The van der Waals surface area contributed by atoms with Gasteiger partial charge in [0, 0.05) is 17.3 Å². The first-order valence-corrected chi connectivity index (χ1v) is 12.9. The number of halogens is 4. The summed E-state index contributed by atoms with van der Waals surface area (Å²) >= 11 is 0.342. The van der Waals surface area contributed by atoms with Crippen molar-refractivity contribution in [2.24, 2.45) is 4.99 Å². The number of hydrogen-bond acceptors (Lipinski definition) is 8. The lowest BCUT2D eigenvalue weighted by Crippen LogP contribution is -2.15. The van der Waals surface area contributed by atoms with E-state index in [0.29, 0.717) is 28.7 Å². The van der Waals surface area contributed by atoms with Crippen molar-refractivity contribution in [2.75, 3.05) is 11.8 Å². The molecule has 0 bridgehead atoms. The van der Waals surface area contributed by atoms with E-state index in [-0.39, 0.29) is 32.8 Å². The molecule has 0 aliphatic rings. The van der Waals surface area contributed by atoms with E-state index in [1.807, 2.05) is 0 Å². The number of methoxy groups -OCH3 is 1. The van der Waals surface area contributed by atoms with Crippen molar-refractivity contribution in [1.29, 1.82) is 0 Å².